The summed E-state index contributed by atoms with van der Waals surface area (Å²) in [6, 6.07) is 3.27. The Hall–Kier alpha value is -1.20. The van der Waals surface area contributed by atoms with Gasteiger partial charge in [-0.15, -0.1) is 23.2 Å². The monoisotopic (exact) mass is 261 g/mol. The Morgan fingerprint density at radius 2 is 2.12 bits per heavy atom. The summed E-state index contributed by atoms with van der Waals surface area (Å²) < 4.78 is -0.985. The average molecular weight is 262 g/mol. The van der Waals surface area contributed by atoms with Crippen LogP contribution in [0.25, 0.3) is 0 Å². The Labute approximate surface area is 101 Å². The summed E-state index contributed by atoms with van der Waals surface area (Å²) in [4.78, 5) is 25.5. The van der Waals surface area contributed by atoms with Crippen LogP contribution < -0.4 is 10.9 Å². The number of aromatic nitrogens is 1. The van der Waals surface area contributed by atoms with Crippen molar-refractivity contribution in [1.82, 2.24) is 15.8 Å². The van der Waals surface area contributed by atoms with Gasteiger partial charge in [0, 0.05) is 6.20 Å². The van der Waals surface area contributed by atoms with E-state index in [-0.39, 0.29) is 5.91 Å². The van der Waals surface area contributed by atoms with Gasteiger partial charge in [-0.05, 0) is 18.6 Å². The summed E-state index contributed by atoms with van der Waals surface area (Å²) >= 11 is 11.4. The summed E-state index contributed by atoms with van der Waals surface area (Å²) in [5.74, 6) is -1.27. The Balaban J connectivity index is 1.80. The molecule has 2 rings (SSSR count). The van der Waals surface area contributed by atoms with Crippen molar-refractivity contribution in [3.8, 4) is 0 Å². The Morgan fingerprint density at radius 3 is 2.62 bits per heavy atom. The summed E-state index contributed by atoms with van der Waals surface area (Å²) in [6.07, 6.45) is 2.01. The first-order chi connectivity index (χ1) is 7.50. The van der Waals surface area contributed by atoms with Crippen LogP contribution in [0.2, 0.25) is 0 Å². The van der Waals surface area contributed by atoms with Crippen molar-refractivity contribution in [2.24, 2.45) is 5.92 Å². The lowest BCUT2D eigenvalue weighted by atomic mass is 10.4. The van der Waals surface area contributed by atoms with Crippen LogP contribution in [0.4, 0.5) is 0 Å². The fraction of sp³-hybridized carbons (Fsp3) is 0.333. The molecule has 1 aromatic rings. The van der Waals surface area contributed by atoms with Gasteiger partial charge in [0.1, 0.15) is 10.0 Å². The molecule has 1 aliphatic rings. The maximum atomic E-state index is 11.4. The first-order valence-electron chi connectivity index (χ1n) is 4.62. The molecule has 1 aromatic heterocycles. The van der Waals surface area contributed by atoms with Crippen LogP contribution in [0, 0.1) is 5.92 Å². The van der Waals surface area contributed by atoms with Gasteiger partial charge in [-0.25, -0.2) is 0 Å². The fourth-order valence-electron chi connectivity index (χ4n) is 1.24. The number of aromatic amines is 1. The van der Waals surface area contributed by atoms with Gasteiger partial charge in [-0.1, -0.05) is 0 Å². The number of hydrazine groups is 1. The predicted octanol–water partition coefficient (Wildman–Crippen LogP) is 0.970. The molecule has 3 N–H and O–H groups in total. The van der Waals surface area contributed by atoms with E-state index >= 15 is 0 Å². The molecule has 0 aliphatic heterocycles. The minimum atomic E-state index is -0.985. The summed E-state index contributed by atoms with van der Waals surface area (Å²) in [7, 11) is 0. The van der Waals surface area contributed by atoms with E-state index in [2.05, 4.69) is 15.8 Å². The largest absolute Gasteiger partial charge is 0.357 e. The van der Waals surface area contributed by atoms with Crippen molar-refractivity contribution in [2.75, 3.05) is 0 Å². The van der Waals surface area contributed by atoms with Gasteiger partial charge in [0.25, 0.3) is 5.91 Å². The molecule has 1 fully saturated rings. The van der Waals surface area contributed by atoms with Gasteiger partial charge >= 0.3 is 0 Å². The second kappa shape index (κ2) is 3.99. The molecule has 0 spiro atoms. The van der Waals surface area contributed by atoms with Crippen LogP contribution in [0.15, 0.2) is 18.3 Å². The lowest BCUT2D eigenvalue weighted by Crippen LogP contribution is -2.43. The molecule has 1 heterocycles. The zero-order valence-electron chi connectivity index (χ0n) is 8.09. The number of carbonyl (C=O) groups is 2. The van der Waals surface area contributed by atoms with Crippen molar-refractivity contribution >= 4 is 35.0 Å². The number of halogens is 2. The van der Waals surface area contributed by atoms with Gasteiger partial charge in [-0.3, -0.25) is 20.4 Å². The fourth-order valence-corrected chi connectivity index (χ4v) is 1.75. The standard InChI is InChI=1S/C9H9Cl2N3O2/c10-9(11)4-5(9)7(15)13-14-8(16)6-2-1-3-12-6/h1-3,5,12H,4H2,(H,13,15)(H,14,16). The average Bonchev–Trinajstić information content (AvgIpc) is 2.72. The molecule has 5 nitrogen and oxygen atoms in total. The van der Waals surface area contributed by atoms with E-state index in [1.54, 1.807) is 18.3 Å². The lowest BCUT2D eigenvalue weighted by Gasteiger charge is -2.05. The Bertz CT molecular complexity index is 416. The van der Waals surface area contributed by atoms with E-state index in [9.17, 15) is 9.59 Å². The molecule has 86 valence electrons. The molecule has 1 atom stereocenters. The van der Waals surface area contributed by atoms with Gasteiger partial charge in [0.05, 0.1) is 5.92 Å². The third-order valence-corrected chi connectivity index (χ3v) is 3.12. The molecule has 0 bridgehead atoms. The van der Waals surface area contributed by atoms with E-state index in [1.807, 2.05) is 0 Å². The van der Waals surface area contributed by atoms with Crippen molar-refractivity contribution in [2.45, 2.75) is 10.8 Å². The number of amides is 2. The predicted molar refractivity (Wildman–Crippen MR) is 58.9 cm³/mol. The Kier molecular flexibility index (Phi) is 2.82. The number of rotatable bonds is 2. The second-order valence-electron chi connectivity index (χ2n) is 3.54. The minimum Gasteiger partial charge on any atom is -0.357 e. The molecule has 0 aromatic carbocycles. The first-order valence-corrected chi connectivity index (χ1v) is 5.38. The second-order valence-corrected chi connectivity index (χ2v) is 5.09. The lowest BCUT2D eigenvalue weighted by molar-refractivity contribution is -0.123. The van der Waals surface area contributed by atoms with Crippen LogP contribution >= 0.6 is 23.2 Å². The molecule has 0 radical (unpaired) electrons. The molecular weight excluding hydrogens is 253 g/mol. The van der Waals surface area contributed by atoms with E-state index in [4.69, 9.17) is 23.2 Å². The highest BCUT2D eigenvalue weighted by molar-refractivity contribution is 6.52. The van der Waals surface area contributed by atoms with E-state index in [0.29, 0.717) is 12.1 Å². The molecule has 1 unspecified atom stereocenters. The molecule has 0 saturated heterocycles. The minimum absolute atomic E-state index is 0.360. The van der Waals surface area contributed by atoms with Crippen LogP contribution in [0.5, 0.6) is 0 Å². The number of nitrogens with one attached hydrogen (secondary N) is 3. The first kappa shape index (κ1) is 11.3. The van der Waals surface area contributed by atoms with Gasteiger partial charge < -0.3 is 4.98 Å². The number of hydrogen-bond acceptors (Lipinski definition) is 2. The normalized spacial score (nSPS) is 21.2. The van der Waals surface area contributed by atoms with E-state index < -0.39 is 16.2 Å². The van der Waals surface area contributed by atoms with Crippen molar-refractivity contribution in [3.63, 3.8) is 0 Å². The van der Waals surface area contributed by atoms with Gasteiger partial charge in [0.2, 0.25) is 5.91 Å². The molecule has 7 heteroatoms. The van der Waals surface area contributed by atoms with Crippen LogP contribution in [-0.4, -0.2) is 21.1 Å². The maximum absolute atomic E-state index is 11.4. The number of H-pyrrole nitrogens is 1. The summed E-state index contributed by atoms with van der Waals surface area (Å²) in [6.45, 7) is 0. The topological polar surface area (TPSA) is 74.0 Å². The van der Waals surface area contributed by atoms with Crippen LogP contribution in [0.3, 0.4) is 0 Å². The van der Waals surface area contributed by atoms with Gasteiger partial charge in [0.15, 0.2) is 0 Å². The van der Waals surface area contributed by atoms with Crippen molar-refractivity contribution in [1.29, 1.82) is 0 Å². The molecule has 2 amide bonds. The third kappa shape index (κ3) is 2.31. The highest BCUT2D eigenvalue weighted by Gasteiger charge is 2.56. The van der Waals surface area contributed by atoms with Crippen molar-refractivity contribution < 1.29 is 9.59 Å². The number of alkyl halides is 2. The number of carbonyl (C=O) groups excluding carboxylic acids is 2. The zero-order valence-corrected chi connectivity index (χ0v) is 9.60. The molecule has 16 heavy (non-hydrogen) atoms. The van der Waals surface area contributed by atoms with E-state index in [1.165, 1.54) is 0 Å². The van der Waals surface area contributed by atoms with Crippen LogP contribution in [0.1, 0.15) is 16.9 Å². The highest BCUT2D eigenvalue weighted by atomic mass is 35.5. The van der Waals surface area contributed by atoms with Crippen molar-refractivity contribution in [3.05, 3.63) is 24.0 Å². The zero-order chi connectivity index (χ0) is 11.8. The smallest absolute Gasteiger partial charge is 0.286 e. The summed E-state index contributed by atoms with van der Waals surface area (Å²) in [5.41, 5.74) is 4.88. The SMILES string of the molecule is O=C(NNC(=O)C1CC1(Cl)Cl)c1ccc[nH]1. The molecule has 1 aliphatic carbocycles. The van der Waals surface area contributed by atoms with Crippen LogP contribution in [-0.2, 0) is 4.79 Å². The highest BCUT2D eigenvalue weighted by Crippen LogP contribution is 2.53. The third-order valence-electron chi connectivity index (χ3n) is 2.28. The maximum Gasteiger partial charge on any atom is 0.286 e. The quantitative estimate of drug-likeness (QED) is 0.548. The Morgan fingerprint density at radius 1 is 1.44 bits per heavy atom. The van der Waals surface area contributed by atoms with Gasteiger partial charge in [-0.2, -0.15) is 0 Å². The molecular formula is C9H9Cl2N3O2. The number of hydrogen-bond donors (Lipinski definition) is 3. The van der Waals surface area contributed by atoms with E-state index in [0.717, 1.165) is 0 Å². The summed E-state index contributed by atoms with van der Waals surface area (Å²) in [5, 5.41) is 0. The molecule has 1 saturated carbocycles.